The zero-order chi connectivity index (χ0) is 15.3. The molecule has 0 fully saturated rings. The molecule has 0 aliphatic heterocycles. The molecule has 0 aromatic heterocycles. The normalized spacial score (nSPS) is 11.2. The molecular formula is C16H16F3NO. The first-order chi connectivity index (χ1) is 9.98. The Morgan fingerprint density at radius 1 is 1.00 bits per heavy atom. The average Bonchev–Trinajstić information content (AvgIpc) is 2.45. The van der Waals surface area contributed by atoms with Crippen molar-refractivity contribution in [2.45, 2.75) is 26.3 Å². The van der Waals surface area contributed by atoms with Gasteiger partial charge in [0.15, 0.2) is 0 Å². The molecule has 0 saturated heterocycles. The van der Waals surface area contributed by atoms with Crippen molar-refractivity contribution in [1.82, 2.24) is 0 Å². The lowest BCUT2D eigenvalue weighted by atomic mass is 10.1. The highest BCUT2D eigenvalue weighted by Crippen LogP contribution is 2.23. The summed E-state index contributed by atoms with van der Waals surface area (Å²) in [6.07, 6.45) is -3.73. The van der Waals surface area contributed by atoms with Crippen LogP contribution in [0.1, 0.15) is 18.1 Å². The van der Waals surface area contributed by atoms with Gasteiger partial charge in [-0.05, 0) is 35.7 Å². The number of nitrogens with one attached hydrogen (secondary N) is 1. The molecule has 0 aliphatic rings. The number of halogens is 3. The number of benzene rings is 2. The van der Waals surface area contributed by atoms with E-state index in [0.29, 0.717) is 6.54 Å². The summed E-state index contributed by atoms with van der Waals surface area (Å²) in [5, 5.41) is 3.29. The third-order valence-electron chi connectivity index (χ3n) is 3.04. The lowest BCUT2D eigenvalue weighted by Gasteiger charge is -2.12. The molecule has 0 aliphatic carbocycles. The summed E-state index contributed by atoms with van der Waals surface area (Å²) in [4.78, 5) is 0. The van der Waals surface area contributed by atoms with Crippen molar-refractivity contribution in [3.63, 3.8) is 0 Å². The molecule has 2 aromatic rings. The van der Waals surface area contributed by atoms with E-state index in [2.05, 4.69) is 17.0 Å². The molecule has 1 N–H and O–H groups in total. The monoisotopic (exact) mass is 295 g/mol. The minimum absolute atomic E-state index is 0.208. The van der Waals surface area contributed by atoms with Crippen LogP contribution in [-0.4, -0.2) is 6.36 Å². The van der Waals surface area contributed by atoms with Gasteiger partial charge in [0.05, 0.1) is 0 Å². The van der Waals surface area contributed by atoms with E-state index in [1.807, 2.05) is 24.3 Å². The molecule has 0 bridgehead atoms. The van der Waals surface area contributed by atoms with E-state index < -0.39 is 6.36 Å². The molecule has 0 amide bonds. The van der Waals surface area contributed by atoms with Crippen LogP contribution in [0.2, 0.25) is 0 Å². The summed E-state index contributed by atoms with van der Waals surface area (Å²) in [5.41, 5.74) is 3.13. The second-order valence-electron chi connectivity index (χ2n) is 4.56. The number of rotatable bonds is 5. The number of ether oxygens (including phenoxy) is 1. The van der Waals surface area contributed by atoms with Crippen LogP contribution in [0, 0.1) is 0 Å². The Labute approximate surface area is 121 Å². The predicted octanol–water partition coefficient (Wildman–Crippen LogP) is 4.76. The number of hydrogen-bond donors (Lipinski definition) is 1. The van der Waals surface area contributed by atoms with Crippen LogP contribution in [0.15, 0.2) is 48.5 Å². The number of alkyl halides is 3. The fraction of sp³-hybridized carbons (Fsp3) is 0.250. The Kier molecular flexibility index (Phi) is 4.73. The van der Waals surface area contributed by atoms with Gasteiger partial charge in [-0.2, -0.15) is 0 Å². The molecule has 0 saturated carbocycles. The first-order valence-corrected chi connectivity index (χ1v) is 6.64. The lowest BCUT2D eigenvalue weighted by molar-refractivity contribution is -0.274. The molecule has 0 atom stereocenters. The van der Waals surface area contributed by atoms with Gasteiger partial charge in [-0.1, -0.05) is 37.3 Å². The van der Waals surface area contributed by atoms with Crippen LogP contribution in [0.5, 0.6) is 5.75 Å². The van der Waals surface area contributed by atoms with Crippen molar-refractivity contribution in [3.8, 4) is 5.75 Å². The summed E-state index contributed by atoms with van der Waals surface area (Å²) >= 11 is 0. The van der Waals surface area contributed by atoms with Crippen molar-refractivity contribution in [2.24, 2.45) is 0 Å². The smallest absolute Gasteiger partial charge is 0.406 e. The van der Waals surface area contributed by atoms with Crippen LogP contribution < -0.4 is 10.1 Å². The van der Waals surface area contributed by atoms with E-state index >= 15 is 0 Å². The van der Waals surface area contributed by atoms with E-state index in [1.165, 1.54) is 17.7 Å². The zero-order valence-electron chi connectivity index (χ0n) is 11.6. The molecule has 0 radical (unpaired) electrons. The topological polar surface area (TPSA) is 21.3 Å². The second-order valence-corrected chi connectivity index (χ2v) is 4.56. The highest BCUT2D eigenvalue weighted by atomic mass is 19.4. The van der Waals surface area contributed by atoms with Gasteiger partial charge in [0, 0.05) is 12.2 Å². The Balaban J connectivity index is 1.98. The van der Waals surface area contributed by atoms with Gasteiger partial charge >= 0.3 is 6.36 Å². The van der Waals surface area contributed by atoms with Crippen molar-refractivity contribution in [1.29, 1.82) is 0 Å². The number of aryl methyl sites for hydroxylation is 1. The maximum absolute atomic E-state index is 12.1. The predicted molar refractivity (Wildman–Crippen MR) is 76.3 cm³/mol. The molecule has 21 heavy (non-hydrogen) atoms. The Bertz CT molecular complexity index is 579. The standard InChI is InChI=1S/C16H16F3NO/c1-2-13-5-3-4-6-15(13)20-11-12-7-9-14(10-8-12)21-16(17,18)19/h3-10,20H,2,11H2,1H3. The minimum atomic E-state index is -4.65. The van der Waals surface area contributed by atoms with E-state index in [1.54, 1.807) is 12.1 Å². The van der Waals surface area contributed by atoms with Crippen LogP contribution in [0.4, 0.5) is 18.9 Å². The van der Waals surface area contributed by atoms with Crippen molar-refractivity contribution >= 4 is 5.69 Å². The Hall–Kier alpha value is -2.17. The summed E-state index contributed by atoms with van der Waals surface area (Å²) in [6, 6.07) is 13.8. The summed E-state index contributed by atoms with van der Waals surface area (Å²) in [5.74, 6) is -0.208. The highest BCUT2D eigenvalue weighted by molar-refractivity contribution is 5.51. The summed E-state index contributed by atoms with van der Waals surface area (Å²) in [7, 11) is 0. The SMILES string of the molecule is CCc1ccccc1NCc1ccc(OC(F)(F)F)cc1. The number of anilines is 1. The van der Waals surface area contributed by atoms with Gasteiger partial charge in [-0.15, -0.1) is 13.2 Å². The maximum Gasteiger partial charge on any atom is 0.573 e. The molecule has 0 spiro atoms. The largest absolute Gasteiger partial charge is 0.573 e. The minimum Gasteiger partial charge on any atom is -0.406 e. The lowest BCUT2D eigenvalue weighted by Crippen LogP contribution is -2.17. The van der Waals surface area contributed by atoms with Gasteiger partial charge in [-0.25, -0.2) is 0 Å². The maximum atomic E-state index is 12.1. The van der Waals surface area contributed by atoms with Crippen molar-refractivity contribution < 1.29 is 17.9 Å². The molecule has 2 nitrogen and oxygen atoms in total. The van der Waals surface area contributed by atoms with Crippen LogP contribution in [0.25, 0.3) is 0 Å². The fourth-order valence-corrected chi connectivity index (χ4v) is 2.01. The molecular weight excluding hydrogens is 279 g/mol. The van der Waals surface area contributed by atoms with Crippen LogP contribution in [-0.2, 0) is 13.0 Å². The Morgan fingerprint density at radius 3 is 2.29 bits per heavy atom. The molecule has 5 heteroatoms. The van der Waals surface area contributed by atoms with E-state index in [0.717, 1.165) is 17.7 Å². The third kappa shape index (κ3) is 4.70. The molecule has 112 valence electrons. The van der Waals surface area contributed by atoms with Gasteiger partial charge in [0.2, 0.25) is 0 Å². The van der Waals surface area contributed by atoms with E-state index in [9.17, 15) is 13.2 Å². The Morgan fingerprint density at radius 2 is 1.67 bits per heavy atom. The quantitative estimate of drug-likeness (QED) is 0.858. The third-order valence-corrected chi connectivity index (χ3v) is 3.04. The van der Waals surface area contributed by atoms with Gasteiger partial charge < -0.3 is 10.1 Å². The van der Waals surface area contributed by atoms with Crippen LogP contribution in [0.3, 0.4) is 0 Å². The summed E-state index contributed by atoms with van der Waals surface area (Å²) < 4.78 is 40.0. The van der Waals surface area contributed by atoms with Gasteiger partial charge in [0.25, 0.3) is 0 Å². The molecule has 0 unspecified atom stereocenters. The fourth-order valence-electron chi connectivity index (χ4n) is 2.01. The molecule has 2 rings (SSSR count). The first kappa shape index (κ1) is 15.2. The van der Waals surface area contributed by atoms with E-state index in [-0.39, 0.29) is 5.75 Å². The van der Waals surface area contributed by atoms with E-state index in [4.69, 9.17) is 0 Å². The first-order valence-electron chi connectivity index (χ1n) is 6.64. The molecule has 0 heterocycles. The zero-order valence-corrected chi connectivity index (χ0v) is 11.6. The molecule has 2 aromatic carbocycles. The second kappa shape index (κ2) is 6.52. The van der Waals surface area contributed by atoms with Crippen LogP contribution >= 0.6 is 0 Å². The number of para-hydroxylation sites is 1. The highest BCUT2D eigenvalue weighted by Gasteiger charge is 2.30. The van der Waals surface area contributed by atoms with Crippen molar-refractivity contribution in [3.05, 3.63) is 59.7 Å². The van der Waals surface area contributed by atoms with Gasteiger partial charge in [-0.3, -0.25) is 0 Å². The number of hydrogen-bond acceptors (Lipinski definition) is 2. The summed E-state index contributed by atoms with van der Waals surface area (Å²) in [6.45, 7) is 2.62. The van der Waals surface area contributed by atoms with Crippen molar-refractivity contribution in [2.75, 3.05) is 5.32 Å². The average molecular weight is 295 g/mol. The van der Waals surface area contributed by atoms with Gasteiger partial charge in [0.1, 0.15) is 5.75 Å².